The van der Waals surface area contributed by atoms with Crippen molar-refractivity contribution in [1.82, 2.24) is 0 Å². The first-order chi connectivity index (χ1) is 9.11. The minimum absolute atomic E-state index is 0.615. The summed E-state index contributed by atoms with van der Waals surface area (Å²) in [6, 6.07) is 13.8. The maximum Gasteiger partial charge on any atom is 0.104 e. The molecule has 0 spiro atoms. The van der Waals surface area contributed by atoms with E-state index in [2.05, 4.69) is 19.1 Å². The molecule has 2 rings (SSSR count). The third-order valence-corrected chi connectivity index (χ3v) is 3.58. The Bertz CT molecular complexity index is 563. The maximum absolute atomic E-state index is 10.5. The van der Waals surface area contributed by atoms with Gasteiger partial charge in [0.05, 0.1) is 0 Å². The molecule has 100 valence electrons. The lowest BCUT2D eigenvalue weighted by Gasteiger charge is -2.15. The van der Waals surface area contributed by atoms with Crippen molar-refractivity contribution in [2.45, 2.75) is 32.8 Å². The van der Waals surface area contributed by atoms with Gasteiger partial charge in [0.2, 0.25) is 0 Å². The smallest absolute Gasteiger partial charge is 0.104 e. The molecule has 0 aliphatic carbocycles. The van der Waals surface area contributed by atoms with Gasteiger partial charge in [0.15, 0.2) is 0 Å². The molecule has 0 saturated carbocycles. The van der Waals surface area contributed by atoms with Gasteiger partial charge in [0, 0.05) is 5.02 Å². The van der Waals surface area contributed by atoms with Crippen LogP contribution in [0.15, 0.2) is 42.5 Å². The molecule has 1 N–H and O–H groups in total. The first-order valence-electron chi connectivity index (χ1n) is 6.64. The topological polar surface area (TPSA) is 20.2 Å². The van der Waals surface area contributed by atoms with Crippen molar-refractivity contribution in [3.63, 3.8) is 0 Å². The summed E-state index contributed by atoms with van der Waals surface area (Å²) in [6.07, 6.45) is 1.53. The molecule has 0 fully saturated rings. The predicted octanol–water partition coefficient (Wildman–Crippen LogP) is 4.68. The van der Waals surface area contributed by atoms with E-state index in [1.54, 1.807) is 0 Å². The number of rotatable bonds is 4. The second-order valence-electron chi connectivity index (χ2n) is 4.90. The van der Waals surface area contributed by atoms with Crippen LogP contribution in [0, 0.1) is 6.92 Å². The van der Waals surface area contributed by atoms with Gasteiger partial charge < -0.3 is 5.11 Å². The Morgan fingerprint density at radius 1 is 1.16 bits per heavy atom. The lowest BCUT2D eigenvalue weighted by atomic mass is 9.95. The lowest BCUT2D eigenvalue weighted by Crippen LogP contribution is -2.02. The Hall–Kier alpha value is -1.31. The van der Waals surface area contributed by atoms with Crippen LogP contribution in [0.4, 0.5) is 0 Å². The van der Waals surface area contributed by atoms with Crippen molar-refractivity contribution in [2.24, 2.45) is 0 Å². The number of halogens is 1. The number of aryl methyl sites for hydroxylation is 2. The van der Waals surface area contributed by atoms with Crippen molar-refractivity contribution < 1.29 is 5.11 Å². The molecule has 1 unspecified atom stereocenters. The summed E-state index contributed by atoms with van der Waals surface area (Å²) < 4.78 is 0. The Morgan fingerprint density at radius 2 is 1.95 bits per heavy atom. The van der Waals surface area contributed by atoms with Crippen LogP contribution in [0.25, 0.3) is 0 Å². The molecule has 0 aromatic heterocycles. The van der Waals surface area contributed by atoms with Crippen LogP contribution in [0.3, 0.4) is 0 Å². The maximum atomic E-state index is 10.5. The molecule has 0 saturated heterocycles. The van der Waals surface area contributed by atoms with E-state index in [1.807, 2.05) is 37.3 Å². The Morgan fingerprint density at radius 3 is 2.68 bits per heavy atom. The highest BCUT2D eigenvalue weighted by atomic mass is 35.5. The molecule has 0 aliphatic heterocycles. The molecule has 1 atom stereocenters. The third-order valence-electron chi connectivity index (χ3n) is 3.34. The van der Waals surface area contributed by atoms with Crippen LogP contribution in [0.2, 0.25) is 5.02 Å². The Labute approximate surface area is 119 Å². The number of benzene rings is 2. The normalized spacial score (nSPS) is 12.4. The molecule has 2 aromatic rings. The molecule has 2 aromatic carbocycles. The molecule has 0 amide bonds. The van der Waals surface area contributed by atoms with Crippen LogP contribution < -0.4 is 0 Å². The van der Waals surface area contributed by atoms with Crippen LogP contribution >= 0.6 is 11.6 Å². The van der Waals surface area contributed by atoms with E-state index in [0.29, 0.717) is 5.02 Å². The van der Waals surface area contributed by atoms with Gasteiger partial charge in [0.25, 0.3) is 0 Å². The van der Waals surface area contributed by atoms with Crippen molar-refractivity contribution >= 4 is 11.6 Å². The summed E-state index contributed by atoms with van der Waals surface area (Å²) in [5.74, 6) is 0. The zero-order valence-corrected chi connectivity index (χ0v) is 12.1. The van der Waals surface area contributed by atoms with Crippen molar-refractivity contribution in [2.75, 3.05) is 0 Å². The van der Waals surface area contributed by atoms with Crippen LogP contribution in [-0.4, -0.2) is 5.11 Å². The molecule has 1 nitrogen and oxygen atoms in total. The summed E-state index contributed by atoms with van der Waals surface area (Å²) in [5, 5.41) is 11.2. The fraction of sp³-hybridized carbons (Fsp3) is 0.294. The Balaban J connectivity index is 2.35. The monoisotopic (exact) mass is 274 g/mol. The van der Waals surface area contributed by atoms with Gasteiger partial charge in [-0.3, -0.25) is 0 Å². The second-order valence-corrected chi connectivity index (χ2v) is 5.33. The quantitative estimate of drug-likeness (QED) is 0.858. The minimum Gasteiger partial charge on any atom is -0.384 e. The van der Waals surface area contributed by atoms with Gasteiger partial charge in [0.1, 0.15) is 6.10 Å². The van der Waals surface area contributed by atoms with Gasteiger partial charge in [-0.15, -0.1) is 0 Å². The SMILES string of the molecule is CCCc1cccc(C(O)c2cc(Cl)ccc2C)c1. The summed E-state index contributed by atoms with van der Waals surface area (Å²) in [4.78, 5) is 0. The van der Waals surface area contributed by atoms with E-state index >= 15 is 0 Å². The van der Waals surface area contributed by atoms with Gasteiger partial charge in [-0.2, -0.15) is 0 Å². The molecule has 2 heteroatoms. The van der Waals surface area contributed by atoms with Gasteiger partial charge in [-0.05, 0) is 47.7 Å². The number of aliphatic hydroxyl groups excluding tert-OH is 1. The fourth-order valence-corrected chi connectivity index (χ4v) is 2.47. The van der Waals surface area contributed by atoms with Crippen molar-refractivity contribution in [3.05, 3.63) is 69.7 Å². The number of hydrogen-bond acceptors (Lipinski definition) is 1. The summed E-state index contributed by atoms with van der Waals surface area (Å²) >= 11 is 6.02. The zero-order valence-electron chi connectivity index (χ0n) is 11.4. The van der Waals surface area contributed by atoms with E-state index in [-0.39, 0.29) is 0 Å². The van der Waals surface area contributed by atoms with E-state index in [4.69, 9.17) is 11.6 Å². The first-order valence-corrected chi connectivity index (χ1v) is 7.02. The molecule has 0 bridgehead atoms. The summed E-state index contributed by atoms with van der Waals surface area (Å²) in [5.41, 5.74) is 4.12. The van der Waals surface area contributed by atoms with Gasteiger partial charge in [-0.25, -0.2) is 0 Å². The van der Waals surface area contributed by atoms with Gasteiger partial charge >= 0.3 is 0 Å². The molecular formula is C17H19ClO. The highest BCUT2D eigenvalue weighted by molar-refractivity contribution is 6.30. The molecular weight excluding hydrogens is 256 g/mol. The minimum atomic E-state index is -0.615. The van der Waals surface area contributed by atoms with Crippen LogP contribution in [-0.2, 0) is 6.42 Å². The van der Waals surface area contributed by atoms with E-state index in [0.717, 1.165) is 29.5 Å². The highest BCUT2D eigenvalue weighted by Crippen LogP contribution is 2.27. The number of aliphatic hydroxyl groups is 1. The van der Waals surface area contributed by atoms with Crippen LogP contribution in [0.5, 0.6) is 0 Å². The highest BCUT2D eigenvalue weighted by Gasteiger charge is 2.13. The lowest BCUT2D eigenvalue weighted by molar-refractivity contribution is 0.219. The summed E-state index contributed by atoms with van der Waals surface area (Å²) in [7, 11) is 0. The molecule has 0 radical (unpaired) electrons. The average Bonchev–Trinajstić information content (AvgIpc) is 2.41. The predicted molar refractivity (Wildman–Crippen MR) is 80.7 cm³/mol. The second kappa shape index (κ2) is 6.23. The van der Waals surface area contributed by atoms with E-state index < -0.39 is 6.10 Å². The van der Waals surface area contributed by atoms with Crippen molar-refractivity contribution in [1.29, 1.82) is 0 Å². The average molecular weight is 275 g/mol. The molecule has 0 heterocycles. The van der Waals surface area contributed by atoms with Gasteiger partial charge in [-0.1, -0.05) is 55.3 Å². The number of hydrogen-bond donors (Lipinski definition) is 1. The van der Waals surface area contributed by atoms with Crippen molar-refractivity contribution in [3.8, 4) is 0 Å². The first kappa shape index (κ1) is 14.1. The standard InChI is InChI=1S/C17H19ClO/c1-3-5-13-6-4-7-14(10-13)17(19)16-11-15(18)9-8-12(16)2/h4,6-11,17,19H,3,5H2,1-2H3. The zero-order chi connectivity index (χ0) is 13.8. The van der Waals surface area contributed by atoms with E-state index in [1.165, 1.54) is 5.56 Å². The largest absolute Gasteiger partial charge is 0.384 e. The fourth-order valence-electron chi connectivity index (χ4n) is 2.29. The third kappa shape index (κ3) is 3.37. The summed E-state index contributed by atoms with van der Waals surface area (Å²) in [6.45, 7) is 4.15. The Kier molecular flexibility index (Phi) is 4.62. The molecule has 0 aliphatic rings. The van der Waals surface area contributed by atoms with Crippen LogP contribution in [0.1, 0.15) is 41.7 Å². The van der Waals surface area contributed by atoms with E-state index in [9.17, 15) is 5.11 Å². The molecule has 19 heavy (non-hydrogen) atoms.